The Morgan fingerprint density at radius 1 is 0.857 bits per heavy atom. The number of piperazine rings is 1. The van der Waals surface area contributed by atoms with Crippen LogP contribution in [-0.2, 0) is 23.9 Å². The average molecular weight is 499 g/mol. The summed E-state index contributed by atoms with van der Waals surface area (Å²) in [6, 6.07) is 0. The maximum absolute atomic E-state index is 11.2. The van der Waals surface area contributed by atoms with Crippen molar-refractivity contribution in [3.8, 4) is 24.7 Å². The van der Waals surface area contributed by atoms with E-state index >= 15 is 0 Å². The molecule has 202 valence electrons. The molecule has 0 unspecified atom stereocenters. The second-order valence-corrected chi connectivity index (χ2v) is 8.12. The van der Waals surface area contributed by atoms with Crippen LogP contribution >= 0.6 is 0 Å². The van der Waals surface area contributed by atoms with Crippen LogP contribution in [-0.4, -0.2) is 83.7 Å². The number of hydrogen-bond donors (Lipinski definition) is 2. The maximum atomic E-state index is 11.2. The molecule has 9 heteroatoms. The van der Waals surface area contributed by atoms with Gasteiger partial charge >= 0.3 is 17.9 Å². The minimum absolute atomic E-state index is 0.0900. The highest BCUT2D eigenvalue weighted by Gasteiger charge is 2.19. The Kier molecular flexibility index (Phi) is 28.6. The largest absolute Gasteiger partial charge is 0.481 e. The van der Waals surface area contributed by atoms with Crippen molar-refractivity contribution in [2.45, 2.75) is 74.1 Å². The summed E-state index contributed by atoms with van der Waals surface area (Å²) in [5.41, 5.74) is -0.583. The van der Waals surface area contributed by atoms with E-state index in [0.717, 1.165) is 32.6 Å². The number of nitrogens with zero attached hydrogens (tertiary/aromatic N) is 2. The summed E-state index contributed by atoms with van der Waals surface area (Å²) < 4.78 is 4.47. The van der Waals surface area contributed by atoms with E-state index in [4.69, 9.17) is 23.1 Å². The third-order valence-electron chi connectivity index (χ3n) is 3.91. The van der Waals surface area contributed by atoms with Crippen LogP contribution in [0.4, 0.5) is 0 Å². The van der Waals surface area contributed by atoms with Gasteiger partial charge in [-0.3, -0.25) is 19.2 Å². The van der Waals surface area contributed by atoms with Gasteiger partial charge in [0, 0.05) is 51.9 Å². The fourth-order valence-electron chi connectivity index (χ4n) is 1.50. The maximum Gasteiger partial charge on any atom is 0.308 e. The summed E-state index contributed by atoms with van der Waals surface area (Å²) in [4.78, 5) is 45.0. The molecule has 1 aliphatic heterocycles. The first-order chi connectivity index (χ1) is 16.2. The third-order valence-corrected chi connectivity index (χ3v) is 3.91. The molecule has 0 radical (unpaired) electrons. The molecule has 0 aliphatic carbocycles. The number of amides is 1. The predicted molar refractivity (Wildman–Crippen MR) is 139 cm³/mol. The van der Waals surface area contributed by atoms with E-state index in [1.807, 2.05) is 18.7 Å². The molecule has 1 heterocycles. The fourth-order valence-corrected chi connectivity index (χ4v) is 1.50. The number of carboxylic acid groups (broad SMARTS) is 2. The molecular weight excluding hydrogens is 452 g/mol. The summed E-state index contributed by atoms with van der Waals surface area (Å²) in [5.74, 6) is 3.16. The monoisotopic (exact) mass is 498 g/mol. The number of ether oxygens (including phenoxy) is 1. The highest BCUT2D eigenvalue weighted by Crippen LogP contribution is 2.11. The van der Waals surface area contributed by atoms with Crippen molar-refractivity contribution in [3.63, 3.8) is 0 Å². The molecular formula is C26H46N2O7. The van der Waals surface area contributed by atoms with Crippen LogP contribution in [0.1, 0.15) is 74.1 Å². The topological polar surface area (TPSA) is 124 Å². The minimum atomic E-state index is -0.757. The molecule has 9 nitrogen and oxygen atoms in total. The summed E-state index contributed by atoms with van der Waals surface area (Å²) in [7, 11) is 2.09. The summed E-state index contributed by atoms with van der Waals surface area (Å²) in [5, 5.41) is 16.0. The van der Waals surface area contributed by atoms with Crippen LogP contribution in [0.15, 0.2) is 0 Å². The van der Waals surface area contributed by atoms with Gasteiger partial charge in [0.05, 0.1) is 5.41 Å². The number of esters is 1. The number of likely N-dealkylation sites (N-methyl/N-ethyl adjacent to an activating group) is 1. The first-order valence-corrected chi connectivity index (χ1v) is 11.6. The number of carbonyl (C=O) groups is 4. The second kappa shape index (κ2) is 25.6. The van der Waals surface area contributed by atoms with Crippen molar-refractivity contribution >= 4 is 23.8 Å². The van der Waals surface area contributed by atoms with Crippen molar-refractivity contribution < 1.29 is 34.1 Å². The molecule has 0 bridgehead atoms. The Morgan fingerprint density at radius 2 is 1.26 bits per heavy atom. The smallest absolute Gasteiger partial charge is 0.308 e. The lowest BCUT2D eigenvalue weighted by atomic mass is 9.98. The first kappa shape index (κ1) is 39.2. The lowest BCUT2D eigenvalue weighted by Crippen LogP contribution is -2.46. The molecule has 0 atom stereocenters. The number of rotatable bonds is 4. The zero-order valence-corrected chi connectivity index (χ0v) is 22.8. The molecule has 0 saturated carbocycles. The highest BCUT2D eigenvalue weighted by atomic mass is 16.5. The van der Waals surface area contributed by atoms with E-state index in [2.05, 4.69) is 28.5 Å². The molecule has 0 aromatic rings. The number of hydrogen-bond acceptors (Lipinski definition) is 6. The van der Waals surface area contributed by atoms with Crippen molar-refractivity contribution in [2.75, 3.05) is 39.8 Å². The lowest BCUT2D eigenvalue weighted by Gasteiger charge is -2.32. The Balaban J connectivity index is -0.000000180. The van der Waals surface area contributed by atoms with Gasteiger partial charge in [0.2, 0.25) is 5.91 Å². The minimum Gasteiger partial charge on any atom is -0.481 e. The molecule has 2 N–H and O–H groups in total. The van der Waals surface area contributed by atoms with Gasteiger partial charge in [-0.2, -0.15) is 0 Å². The van der Waals surface area contributed by atoms with E-state index < -0.39 is 17.4 Å². The molecule has 1 rings (SSSR count). The first-order valence-electron chi connectivity index (χ1n) is 11.6. The predicted octanol–water partition coefficient (Wildman–Crippen LogP) is 3.37. The zero-order chi connectivity index (χ0) is 28.4. The van der Waals surface area contributed by atoms with Crippen LogP contribution in [0.3, 0.4) is 0 Å². The number of terminal acetylenes is 2. The quantitative estimate of drug-likeness (QED) is 0.447. The van der Waals surface area contributed by atoms with Crippen LogP contribution in [0, 0.1) is 30.1 Å². The number of carboxylic acids is 2. The van der Waals surface area contributed by atoms with E-state index in [1.165, 1.54) is 0 Å². The van der Waals surface area contributed by atoms with Crippen molar-refractivity contribution in [3.05, 3.63) is 0 Å². The second-order valence-electron chi connectivity index (χ2n) is 8.12. The van der Waals surface area contributed by atoms with Gasteiger partial charge in [0.15, 0.2) is 6.61 Å². The molecule has 1 saturated heterocycles. The molecule has 0 aromatic heterocycles. The molecule has 1 aliphatic rings. The Labute approximate surface area is 212 Å². The molecule has 35 heavy (non-hydrogen) atoms. The lowest BCUT2D eigenvalue weighted by molar-refractivity contribution is -0.146. The Morgan fingerprint density at radius 3 is 1.49 bits per heavy atom. The molecule has 0 spiro atoms. The number of aliphatic carboxylic acids is 2. The van der Waals surface area contributed by atoms with Crippen molar-refractivity contribution in [2.24, 2.45) is 5.41 Å². The van der Waals surface area contributed by atoms with E-state index in [1.54, 1.807) is 34.6 Å². The molecule has 0 aromatic carbocycles. The van der Waals surface area contributed by atoms with Crippen molar-refractivity contribution in [1.29, 1.82) is 0 Å². The zero-order valence-electron chi connectivity index (χ0n) is 22.8. The van der Waals surface area contributed by atoms with Gasteiger partial charge in [-0.05, 0) is 27.8 Å². The molecule has 1 amide bonds. The van der Waals surface area contributed by atoms with Crippen LogP contribution in [0.25, 0.3) is 0 Å². The van der Waals surface area contributed by atoms with E-state index in [9.17, 15) is 19.2 Å². The van der Waals surface area contributed by atoms with Crippen LogP contribution in [0.5, 0.6) is 0 Å². The van der Waals surface area contributed by atoms with Gasteiger partial charge in [-0.1, -0.05) is 33.6 Å². The normalized spacial score (nSPS) is 12.0. The van der Waals surface area contributed by atoms with E-state index in [0.29, 0.717) is 12.8 Å². The van der Waals surface area contributed by atoms with Gasteiger partial charge in [-0.25, -0.2) is 0 Å². The van der Waals surface area contributed by atoms with Gasteiger partial charge < -0.3 is 24.7 Å². The Hall–Kier alpha value is -3.04. The Bertz CT molecular complexity index is 663. The van der Waals surface area contributed by atoms with Gasteiger partial charge in [0.1, 0.15) is 0 Å². The van der Waals surface area contributed by atoms with Gasteiger partial charge in [0.25, 0.3) is 0 Å². The SMILES string of the molecule is C#CCC.C#CCOC(=O)CC.CC(C)(C)C(=O)O.CCC(=O)N1CCN(C)CC1.CCC(=O)O. The summed E-state index contributed by atoms with van der Waals surface area (Å²) in [6.07, 6.45) is 11.7. The third kappa shape index (κ3) is 33.2. The van der Waals surface area contributed by atoms with Crippen molar-refractivity contribution in [1.82, 2.24) is 9.80 Å². The summed E-state index contributed by atoms with van der Waals surface area (Å²) in [6.45, 7) is 16.1. The van der Waals surface area contributed by atoms with E-state index in [-0.39, 0.29) is 24.9 Å². The number of carbonyl (C=O) groups excluding carboxylic acids is 2. The standard InChI is InChI=1S/C8H16N2O.C6H8O2.C5H10O2.C4H6.C3H6O2/c1-3-8(11)10-6-4-9(2)5-7-10;1-3-5-8-6(7)4-2;1-5(2,3)4(6)7;1-3-4-2;1-2-3(4)5/h3-7H2,1-2H3;1H,4-5H2,2H3;1-3H3,(H,6,7);1H,4H2,2H3;2H2,1H3,(H,4,5). The van der Waals surface area contributed by atoms with Crippen LogP contribution < -0.4 is 0 Å². The fraction of sp³-hybridized carbons (Fsp3) is 0.692. The van der Waals surface area contributed by atoms with Gasteiger partial charge in [-0.15, -0.1) is 18.8 Å². The van der Waals surface area contributed by atoms with Crippen LogP contribution in [0.2, 0.25) is 0 Å². The highest BCUT2D eigenvalue weighted by molar-refractivity contribution is 5.75. The average Bonchev–Trinajstić information content (AvgIpc) is 2.83. The summed E-state index contributed by atoms with van der Waals surface area (Å²) >= 11 is 0. The molecule has 1 fully saturated rings.